The van der Waals surface area contributed by atoms with Gasteiger partial charge in [0, 0.05) is 30.0 Å². The second-order valence-electron chi connectivity index (χ2n) is 5.03. The number of non-ortho nitro benzene ring substituents is 1. The molecule has 7 heteroatoms. The summed E-state index contributed by atoms with van der Waals surface area (Å²) in [4.78, 5) is 22.2. The Hall–Kier alpha value is -3.35. The van der Waals surface area contributed by atoms with Gasteiger partial charge in [0.05, 0.1) is 4.92 Å². The van der Waals surface area contributed by atoms with E-state index < -0.39 is 4.92 Å². The van der Waals surface area contributed by atoms with Gasteiger partial charge in [-0.05, 0) is 23.8 Å². The number of rotatable bonds is 4. The fourth-order valence-electron chi connectivity index (χ4n) is 2.22. The summed E-state index contributed by atoms with van der Waals surface area (Å²) in [6.45, 7) is 0.974. The minimum atomic E-state index is -0.480. The van der Waals surface area contributed by atoms with Gasteiger partial charge in [-0.25, -0.2) is 0 Å². The Morgan fingerprint density at radius 1 is 1.12 bits per heavy atom. The predicted molar refractivity (Wildman–Crippen MR) is 88.2 cm³/mol. The Bertz CT molecular complexity index is 816. The first-order valence-corrected chi connectivity index (χ1v) is 7.25. The molecule has 1 heterocycles. The quantitative estimate of drug-likeness (QED) is 0.530. The van der Waals surface area contributed by atoms with Crippen LogP contribution in [0.3, 0.4) is 0 Å². The van der Waals surface area contributed by atoms with E-state index in [2.05, 4.69) is 5.32 Å². The summed E-state index contributed by atoms with van der Waals surface area (Å²) < 4.78 is 10.9. The van der Waals surface area contributed by atoms with Crippen molar-refractivity contribution in [3.8, 4) is 11.5 Å². The molecule has 1 amide bonds. The van der Waals surface area contributed by atoms with Crippen molar-refractivity contribution < 1.29 is 19.2 Å². The van der Waals surface area contributed by atoms with E-state index in [1.54, 1.807) is 30.3 Å². The third kappa shape index (κ3) is 3.70. The van der Waals surface area contributed by atoms with E-state index in [9.17, 15) is 14.9 Å². The van der Waals surface area contributed by atoms with Crippen molar-refractivity contribution in [2.75, 3.05) is 18.5 Å². The van der Waals surface area contributed by atoms with Crippen LogP contribution in [0.15, 0.2) is 48.5 Å². The number of hydrogen-bond donors (Lipinski definition) is 1. The van der Waals surface area contributed by atoms with Crippen LogP contribution in [0.5, 0.6) is 11.5 Å². The number of fused-ring (bicyclic) bond motifs is 1. The van der Waals surface area contributed by atoms with Crippen LogP contribution in [-0.4, -0.2) is 24.0 Å². The van der Waals surface area contributed by atoms with Gasteiger partial charge in [-0.3, -0.25) is 14.9 Å². The van der Waals surface area contributed by atoms with Gasteiger partial charge in [0.2, 0.25) is 5.91 Å². The second kappa shape index (κ2) is 6.82. The summed E-state index contributed by atoms with van der Waals surface area (Å²) in [5.74, 6) is 0.881. The number of carbonyl (C=O) groups is 1. The number of nitrogens with one attached hydrogen (secondary N) is 1. The average molecular weight is 326 g/mol. The molecule has 0 saturated heterocycles. The van der Waals surface area contributed by atoms with Gasteiger partial charge < -0.3 is 14.8 Å². The number of nitro benzene ring substituents is 1. The molecule has 3 rings (SSSR count). The molecule has 7 nitrogen and oxygen atoms in total. The number of anilines is 1. The van der Waals surface area contributed by atoms with Crippen LogP contribution >= 0.6 is 0 Å². The highest BCUT2D eigenvalue weighted by Gasteiger charge is 2.12. The molecule has 0 aromatic heterocycles. The Kier molecular flexibility index (Phi) is 4.42. The van der Waals surface area contributed by atoms with Gasteiger partial charge in [-0.15, -0.1) is 0 Å². The summed E-state index contributed by atoms with van der Waals surface area (Å²) in [6, 6.07) is 11.2. The van der Waals surface area contributed by atoms with Crippen molar-refractivity contribution in [1.29, 1.82) is 0 Å². The molecular weight excluding hydrogens is 312 g/mol. The fraction of sp³-hybridized carbons (Fsp3) is 0.118. The minimum Gasteiger partial charge on any atom is -0.486 e. The molecule has 24 heavy (non-hydrogen) atoms. The molecule has 0 unspecified atom stereocenters. The summed E-state index contributed by atoms with van der Waals surface area (Å²) in [5, 5.41) is 13.4. The van der Waals surface area contributed by atoms with E-state index in [0.29, 0.717) is 36.0 Å². The zero-order valence-electron chi connectivity index (χ0n) is 12.6. The molecular formula is C17H14N2O5. The lowest BCUT2D eigenvalue weighted by atomic mass is 10.2. The summed E-state index contributed by atoms with van der Waals surface area (Å²) in [5.41, 5.74) is 1.12. The van der Waals surface area contributed by atoms with Crippen molar-refractivity contribution in [2.45, 2.75) is 0 Å². The number of hydrogen-bond acceptors (Lipinski definition) is 5. The molecule has 0 radical (unpaired) electrons. The highest BCUT2D eigenvalue weighted by Crippen LogP contribution is 2.32. The number of ether oxygens (including phenoxy) is 2. The third-order valence-corrected chi connectivity index (χ3v) is 3.32. The number of carbonyl (C=O) groups excluding carboxylic acids is 1. The van der Waals surface area contributed by atoms with Crippen LogP contribution in [0.4, 0.5) is 11.4 Å². The highest BCUT2D eigenvalue weighted by molar-refractivity contribution is 6.02. The maximum atomic E-state index is 12.0. The molecule has 2 aromatic rings. The molecule has 1 aliphatic heterocycles. The standard InChI is InChI=1S/C17H14N2O5/c20-17(7-4-12-2-1-3-14(10-12)19(21)22)18-13-5-6-15-16(11-13)24-9-8-23-15/h1-7,10-11H,8-9H2,(H,18,20). The van der Waals surface area contributed by atoms with E-state index >= 15 is 0 Å². The lowest BCUT2D eigenvalue weighted by Gasteiger charge is -2.18. The number of nitro groups is 1. The molecule has 0 saturated carbocycles. The molecule has 0 spiro atoms. The zero-order valence-corrected chi connectivity index (χ0v) is 12.6. The predicted octanol–water partition coefficient (Wildman–Crippen LogP) is 3.02. The van der Waals surface area contributed by atoms with Crippen molar-refractivity contribution in [2.24, 2.45) is 0 Å². The molecule has 1 aliphatic rings. The second-order valence-corrected chi connectivity index (χ2v) is 5.03. The Morgan fingerprint density at radius 2 is 1.92 bits per heavy atom. The van der Waals surface area contributed by atoms with Crippen LogP contribution in [0.25, 0.3) is 6.08 Å². The molecule has 0 fully saturated rings. The van der Waals surface area contributed by atoms with E-state index in [1.807, 2.05) is 0 Å². The smallest absolute Gasteiger partial charge is 0.270 e. The normalized spacial score (nSPS) is 12.8. The number of benzene rings is 2. The maximum absolute atomic E-state index is 12.0. The lowest BCUT2D eigenvalue weighted by molar-refractivity contribution is -0.384. The third-order valence-electron chi connectivity index (χ3n) is 3.32. The monoisotopic (exact) mass is 326 g/mol. The Labute approximate surface area is 137 Å². The van der Waals surface area contributed by atoms with Crippen molar-refractivity contribution in [3.63, 3.8) is 0 Å². The van der Waals surface area contributed by atoms with Crippen molar-refractivity contribution in [3.05, 3.63) is 64.2 Å². The van der Waals surface area contributed by atoms with E-state index in [1.165, 1.54) is 24.3 Å². The Morgan fingerprint density at radius 3 is 2.71 bits per heavy atom. The number of nitrogens with zero attached hydrogens (tertiary/aromatic N) is 1. The summed E-state index contributed by atoms with van der Waals surface area (Å²) >= 11 is 0. The molecule has 0 atom stereocenters. The lowest BCUT2D eigenvalue weighted by Crippen LogP contribution is -2.16. The van der Waals surface area contributed by atoms with E-state index in [0.717, 1.165) is 0 Å². The van der Waals surface area contributed by atoms with Crippen LogP contribution in [0, 0.1) is 10.1 Å². The van der Waals surface area contributed by atoms with Gasteiger partial charge in [-0.2, -0.15) is 0 Å². The van der Waals surface area contributed by atoms with Crippen molar-refractivity contribution in [1.82, 2.24) is 0 Å². The molecule has 1 N–H and O–H groups in total. The SMILES string of the molecule is O=C(C=Cc1cccc([N+](=O)[O-])c1)Nc1ccc2c(c1)OCCO2. The topological polar surface area (TPSA) is 90.7 Å². The summed E-state index contributed by atoms with van der Waals surface area (Å²) in [6.07, 6.45) is 2.83. The minimum absolute atomic E-state index is 0.0237. The van der Waals surface area contributed by atoms with Crippen LogP contribution in [0.2, 0.25) is 0 Å². The van der Waals surface area contributed by atoms with Gasteiger partial charge in [0.25, 0.3) is 5.69 Å². The largest absolute Gasteiger partial charge is 0.486 e. The fourth-order valence-corrected chi connectivity index (χ4v) is 2.22. The first-order chi connectivity index (χ1) is 11.6. The molecule has 2 aromatic carbocycles. The average Bonchev–Trinajstić information content (AvgIpc) is 2.60. The molecule has 0 aliphatic carbocycles. The first kappa shape index (κ1) is 15.5. The van der Waals surface area contributed by atoms with Gasteiger partial charge in [0.15, 0.2) is 11.5 Å². The maximum Gasteiger partial charge on any atom is 0.270 e. The zero-order chi connectivity index (χ0) is 16.9. The summed E-state index contributed by atoms with van der Waals surface area (Å²) in [7, 11) is 0. The molecule has 0 bridgehead atoms. The van der Waals surface area contributed by atoms with Gasteiger partial charge >= 0.3 is 0 Å². The van der Waals surface area contributed by atoms with E-state index in [-0.39, 0.29) is 11.6 Å². The molecule has 122 valence electrons. The van der Waals surface area contributed by atoms with E-state index in [4.69, 9.17) is 9.47 Å². The van der Waals surface area contributed by atoms with Crippen LogP contribution < -0.4 is 14.8 Å². The number of amides is 1. The van der Waals surface area contributed by atoms with Crippen molar-refractivity contribution >= 4 is 23.4 Å². The van der Waals surface area contributed by atoms with Crippen LogP contribution in [0.1, 0.15) is 5.56 Å². The Balaban J connectivity index is 1.67. The first-order valence-electron chi connectivity index (χ1n) is 7.25. The van der Waals surface area contributed by atoms with Gasteiger partial charge in [-0.1, -0.05) is 12.1 Å². The highest BCUT2D eigenvalue weighted by atomic mass is 16.6. The van der Waals surface area contributed by atoms with Gasteiger partial charge in [0.1, 0.15) is 13.2 Å². The van der Waals surface area contributed by atoms with Crippen LogP contribution in [-0.2, 0) is 4.79 Å².